The number of hydrogen-bond donors (Lipinski definition) is 2. The summed E-state index contributed by atoms with van der Waals surface area (Å²) in [5, 5.41) is 6.33. The number of rotatable bonds is 5. The second-order valence-electron chi connectivity index (χ2n) is 4.67. The highest BCUT2D eigenvalue weighted by atomic mass is 16.5. The van der Waals surface area contributed by atoms with E-state index in [-0.39, 0.29) is 11.8 Å². The maximum absolute atomic E-state index is 12.0. The smallest absolute Gasteiger partial charge is 0.267 e. The topological polar surface area (TPSA) is 72.4 Å². The largest absolute Gasteiger partial charge is 0.497 e. The first-order valence-corrected chi connectivity index (χ1v) is 6.70. The molecular weight excluding hydrogens is 270 g/mol. The van der Waals surface area contributed by atoms with Crippen LogP contribution in [0.15, 0.2) is 24.3 Å². The Morgan fingerprint density at radius 2 is 2.05 bits per heavy atom. The van der Waals surface area contributed by atoms with Crippen LogP contribution >= 0.6 is 0 Å². The Morgan fingerprint density at radius 1 is 1.29 bits per heavy atom. The van der Waals surface area contributed by atoms with E-state index in [0.717, 1.165) is 16.7 Å². The van der Waals surface area contributed by atoms with E-state index in [9.17, 15) is 9.59 Å². The van der Waals surface area contributed by atoms with Gasteiger partial charge in [-0.1, -0.05) is 0 Å². The van der Waals surface area contributed by atoms with Gasteiger partial charge in [0.1, 0.15) is 11.4 Å². The van der Waals surface area contributed by atoms with Gasteiger partial charge in [0.2, 0.25) is 5.91 Å². The maximum atomic E-state index is 12.0. The van der Waals surface area contributed by atoms with Crippen LogP contribution in [0.25, 0.3) is 10.9 Å². The predicted octanol–water partition coefficient (Wildman–Crippen LogP) is 1.15. The second kappa shape index (κ2) is 6.30. The Hall–Kier alpha value is -2.50. The highest BCUT2D eigenvalue weighted by molar-refractivity contribution is 5.98. The van der Waals surface area contributed by atoms with Gasteiger partial charge in [0, 0.05) is 38.5 Å². The Kier molecular flexibility index (Phi) is 4.47. The number of aromatic nitrogens is 1. The third-order valence-electron chi connectivity index (χ3n) is 3.28. The molecule has 0 fully saturated rings. The number of benzene rings is 1. The molecule has 1 aromatic heterocycles. The van der Waals surface area contributed by atoms with Gasteiger partial charge in [-0.25, -0.2) is 0 Å². The van der Waals surface area contributed by atoms with Crippen molar-refractivity contribution in [2.45, 2.75) is 13.5 Å². The lowest BCUT2D eigenvalue weighted by atomic mass is 10.2. The first-order chi connectivity index (χ1) is 10.1. The molecule has 6 heteroatoms. The molecule has 0 saturated carbocycles. The molecule has 21 heavy (non-hydrogen) atoms. The van der Waals surface area contributed by atoms with E-state index in [4.69, 9.17) is 4.74 Å². The molecule has 2 rings (SSSR count). The third-order valence-corrected chi connectivity index (χ3v) is 3.28. The van der Waals surface area contributed by atoms with E-state index in [0.29, 0.717) is 18.8 Å². The minimum atomic E-state index is -0.159. The second-order valence-corrected chi connectivity index (χ2v) is 4.67. The summed E-state index contributed by atoms with van der Waals surface area (Å²) in [5.74, 6) is 0.475. The van der Waals surface area contributed by atoms with Gasteiger partial charge < -0.3 is 19.9 Å². The van der Waals surface area contributed by atoms with Crippen molar-refractivity contribution < 1.29 is 14.3 Å². The fourth-order valence-electron chi connectivity index (χ4n) is 2.26. The Bertz CT molecular complexity index is 676. The van der Waals surface area contributed by atoms with Crippen LogP contribution in [0.4, 0.5) is 0 Å². The normalized spacial score (nSPS) is 10.4. The van der Waals surface area contributed by atoms with Crippen LogP contribution in [0.1, 0.15) is 17.4 Å². The summed E-state index contributed by atoms with van der Waals surface area (Å²) < 4.78 is 7.11. The molecule has 2 amide bonds. The van der Waals surface area contributed by atoms with Crippen LogP contribution in [0.5, 0.6) is 5.75 Å². The average Bonchev–Trinajstić information content (AvgIpc) is 2.84. The van der Waals surface area contributed by atoms with Gasteiger partial charge in [-0.15, -0.1) is 0 Å². The Morgan fingerprint density at radius 3 is 2.67 bits per heavy atom. The molecule has 0 bridgehead atoms. The summed E-state index contributed by atoms with van der Waals surface area (Å²) in [5.41, 5.74) is 1.46. The summed E-state index contributed by atoms with van der Waals surface area (Å²) in [6.45, 7) is 2.44. The first kappa shape index (κ1) is 14.9. The van der Waals surface area contributed by atoms with E-state index < -0.39 is 0 Å². The van der Waals surface area contributed by atoms with E-state index in [2.05, 4.69) is 10.6 Å². The monoisotopic (exact) mass is 289 g/mol. The number of carbonyl (C=O) groups excluding carboxylic acids is 2. The van der Waals surface area contributed by atoms with E-state index in [1.807, 2.05) is 28.8 Å². The zero-order valence-corrected chi connectivity index (χ0v) is 12.4. The number of methoxy groups -OCH3 is 1. The lowest BCUT2D eigenvalue weighted by molar-refractivity contribution is -0.118. The fourth-order valence-corrected chi connectivity index (χ4v) is 2.26. The average molecular weight is 289 g/mol. The Labute approximate surface area is 123 Å². The van der Waals surface area contributed by atoms with Crippen LogP contribution in [0.2, 0.25) is 0 Å². The molecule has 0 aliphatic heterocycles. The zero-order chi connectivity index (χ0) is 15.4. The van der Waals surface area contributed by atoms with Crippen LogP contribution in [0, 0.1) is 0 Å². The number of nitrogens with one attached hydrogen (secondary N) is 2. The Balaban J connectivity index is 2.44. The summed E-state index contributed by atoms with van der Waals surface area (Å²) in [6.07, 6.45) is 0. The predicted molar refractivity (Wildman–Crippen MR) is 80.6 cm³/mol. The van der Waals surface area contributed by atoms with Crippen molar-refractivity contribution in [3.05, 3.63) is 30.0 Å². The number of amides is 2. The van der Waals surface area contributed by atoms with Crippen LogP contribution < -0.4 is 15.4 Å². The molecule has 2 N–H and O–H groups in total. The molecule has 0 unspecified atom stereocenters. The highest BCUT2D eigenvalue weighted by Gasteiger charge is 2.15. The SMILES string of the molecule is CNC(=O)c1cc2ccc(OC)cc2n1CCNC(C)=O. The van der Waals surface area contributed by atoms with Crippen molar-refractivity contribution in [3.8, 4) is 5.75 Å². The van der Waals surface area contributed by atoms with Gasteiger partial charge in [0.25, 0.3) is 5.91 Å². The molecule has 0 atom stereocenters. The summed E-state index contributed by atoms with van der Waals surface area (Å²) in [4.78, 5) is 23.0. The van der Waals surface area contributed by atoms with Gasteiger partial charge in [0.05, 0.1) is 12.6 Å². The van der Waals surface area contributed by atoms with Gasteiger partial charge in [-0.3, -0.25) is 9.59 Å². The quantitative estimate of drug-likeness (QED) is 0.867. The van der Waals surface area contributed by atoms with Gasteiger partial charge >= 0.3 is 0 Å². The summed E-state index contributed by atoms with van der Waals surface area (Å²) >= 11 is 0. The molecule has 0 aliphatic rings. The summed E-state index contributed by atoms with van der Waals surface area (Å²) in [6, 6.07) is 7.49. The fraction of sp³-hybridized carbons (Fsp3) is 0.333. The molecule has 1 aromatic carbocycles. The molecule has 6 nitrogen and oxygen atoms in total. The van der Waals surface area contributed by atoms with Crippen LogP contribution in [0.3, 0.4) is 0 Å². The lowest BCUT2D eigenvalue weighted by Crippen LogP contribution is -2.27. The number of ether oxygens (including phenoxy) is 1. The van der Waals surface area contributed by atoms with Crippen molar-refractivity contribution in [1.82, 2.24) is 15.2 Å². The van der Waals surface area contributed by atoms with Gasteiger partial charge in [-0.05, 0) is 18.2 Å². The molecule has 0 saturated heterocycles. The van der Waals surface area contributed by atoms with Crippen LogP contribution in [-0.4, -0.2) is 37.1 Å². The van der Waals surface area contributed by atoms with Crippen molar-refractivity contribution in [2.75, 3.05) is 20.7 Å². The van der Waals surface area contributed by atoms with Gasteiger partial charge in [0.15, 0.2) is 0 Å². The van der Waals surface area contributed by atoms with Crippen molar-refractivity contribution in [2.24, 2.45) is 0 Å². The standard InChI is InChI=1S/C15H19N3O3/c1-10(19)17-6-7-18-13-9-12(21-3)5-4-11(13)8-14(18)15(20)16-2/h4-5,8-9H,6-7H2,1-3H3,(H,16,20)(H,17,19). The number of fused-ring (bicyclic) bond motifs is 1. The molecule has 0 aliphatic carbocycles. The molecular formula is C15H19N3O3. The number of nitrogens with zero attached hydrogens (tertiary/aromatic N) is 1. The van der Waals surface area contributed by atoms with Crippen LogP contribution in [-0.2, 0) is 11.3 Å². The van der Waals surface area contributed by atoms with Crippen molar-refractivity contribution in [1.29, 1.82) is 0 Å². The zero-order valence-electron chi connectivity index (χ0n) is 12.4. The van der Waals surface area contributed by atoms with Gasteiger partial charge in [-0.2, -0.15) is 0 Å². The van der Waals surface area contributed by atoms with Crippen molar-refractivity contribution >= 4 is 22.7 Å². The molecule has 1 heterocycles. The van der Waals surface area contributed by atoms with Crippen molar-refractivity contribution in [3.63, 3.8) is 0 Å². The minimum absolute atomic E-state index is 0.0921. The number of carbonyl (C=O) groups is 2. The molecule has 112 valence electrons. The first-order valence-electron chi connectivity index (χ1n) is 6.70. The molecule has 0 radical (unpaired) electrons. The minimum Gasteiger partial charge on any atom is -0.497 e. The van der Waals surface area contributed by atoms with E-state index in [1.54, 1.807) is 14.2 Å². The number of hydrogen-bond acceptors (Lipinski definition) is 3. The third kappa shape index (κ3) is 3.16. The van der Waals surface area contributed by atoms with E-state index in [1.165, 1.54) is 6.92 Å². The molecule has 0 spiro atoms. The van der Waals surface area contributed by atoms with E-state index >= 15 is 0 Å². The maximum Gasteiger partial charge on any atom is 0.267 e. The molecule has 2 aromatic rings. The highest BCUT2D eigenvalue weighted by Crippen LogP contribution is 2.24. The lowest BCUT2D eigenvalue weighted by Gasteiger charge is -2.11. The summed E-state index contributed by atoms with van der Waals surface area (Å²) in [7, 11) is 3.20.